The Bertz CT molecular complexity index is 885. The van der Waals surface area contributed by atoms with Crippen LogP contribution in [0.4, 0.5) is 21.8 Å². The molecule has 0 amide bonds. The van der Waals surface area contributed by atoms with Gasteiger partial charge in [0, 0.05) is 23.3 Å². The largest absolute Gasteiger partial charge is 0.350 e. The van der Waals surface area contributed by atoms with E-state index in [1.54, 1.807) is 36.4 Å². The number of halogens is 3. The van der Waals surface area contributed by atoms with E-state index in [4.69, 9.17) is 23.2 Å². The highest BCUT2D eigenvalue weighted by molar-refractivity contribution is 6.35. The summed E-state index contributed by atoms with van der Waals surface area (Å²) in [4.78, 5) is 8.78. The van der Waals surface area contributed by atoms with Gasteiger partial charge in [0.1, 0.15) is 11.6 Å². The lowest BCUT2D eigenvalue weighted by Gasteiger charge is -2.11. The average molecular weight is 377 g/mol. The third kappa shape index (κ3) is 4.81. The number of benzene rings is 2. The monoisotopic (exact) mass is 376 g/mol. The molecule has 7 heteroatoms. The van der Waals surface area contributed by atoms with Gasteiger partial charge >= 0.3 is 0 Å². The van der Waals surface area contributed by atoms with E-state index < -0.39 is 0 Å². The zero-order valence-corrected chi connectivity index (χ0v) is 14.9. The van der Waals surface area contributed by atoms with Crippen LogP contribution >= 0.6 is 23.2 Å². The van der Waals surface area contributed by atoms with Gasteiger partial charge in [-0.25, -0.2) is 9.37 Å². The van der Waals surface area contributed by atoms with Crippen LogP contribution in [0.25, 0.3) is 0 Å². The first-order valence-electron chi connectivity index (χ1n) is 7.56. The van der Waals surface area contributed by atoms with Crippen LogP contribution < -0.4 is 10.6 Å². The number of anilines is 3. The standard InChI is InChI=1S/C18H15Cl2FN4/c1-11-8-17(24-16-9-13(19)4-7-15(16)20)25-18(23-11)22-10-12-2-5-14(21)6-3-12/h2-9H,10H2,1H3,(H2,22,23,24,25). The van der Waals surface area contributed by atoms with E-state index in [-0.39, 0.29) is 5.82 Å². The molecular formula is C18H15Cl2FN4. The highest BCUT2D eigenvalue weighted by atomic mass is 35.5. The summed E-state index contributed by atoms with van der Waals surface area (Å²) in [6, 6.07) is 13.2. The highest BCUT2D eigenvalue weighted by Crippen LogP contribution is 2.28. The number of aryl methyl sites for hydroxylation is 1. The molecule has 0 saturated heterocycles. The summed E-state index contributed by atoms with van der Waals surface area (Å²) in [5.74, 6) is 0.795. The molecule has 0 saturated carbocycles. The van der Waals surface area contributed by atoms with Crippen molar-refractivity contribution in [3.05, 3.63) is 75.7 Å². The van der Waals surface area contributed by atoms with Crippen LogP contribution in [0.15, 0.2) is 48.5 Å². The van der Waals surface area contributed by atoms with E-state index in [0.717, 1.165) is 11.3 Å². The Morgan fingerprint density at radius 3 is 2.52 bits per heavy atom. The van der Waals surface area contributed by atoms with Gasteiger partial charge in [0.15, 0.2) is 0 Å². The normalized spacial score (nSPS) is 10.6. The van der Waals surface area contributed by atoms with Crippen molar-refractivity contribution in [2.24, 2.45) is 0 Å². The number of rotatable bonds is 5. The molecule has 3 aromatic rings. The van der Waals surface area contributed by atoms with Crippen molar-refractivity contribution in [1.82, 2.24) is 9.97 Å². The zero-order valence-electron chi connectivity index (χ0n) is 13.4. The van der Waals surface area contributed by atoms with Gasteiger partial charge in [-0.15, -0.1) is 0 Å². The fourth-order valence-electron chi connectivity index (χ4n) is 2.23. The predicted octanol–water partition coefficient (Wildman–Crippen LogP) is 5.59. The van der Waals surface area contributed by atoms with Gasteiger partial charge in [0.05, 0.1) is 10.7 Å². The second-order valence-electron chi connectivity index (χ2n) is 5.45. The van der Waals surface area contributed by atoms with Crippen LogP contribution in [-0.4, -0.2) is 9.97 Å². The average Bonchev–Trinajstić information content (AvgIpc) is 2.57. The van der Waals surface area contributed by atoms with E-state index in [1.807, 2.05) is 6.92 Å². The van der Waals surface area contributed by atoms with Crippen molar-refractivity contribution in [3.8, 4) is 0 Å². The summed E-state index contributed by atoms with van der Waals surface area (Å²) in [5.41, 5.74) is 2.38. The van der Waals surface area contributed by atoms with Crippen molar-refractivity contribution in [2.45, 2.75) is 13.5 Å². The molecule has 0 spiro atoms. The lowest BCUT2D eigenvalue weighted by Crippen LogP contribution is -2.06. The third-order valence-electron chi connectivity index (χ3n) is 3.41. The SMILES string of the molecule is Cc1cc(Nc2cc(Cl)ccc2Cl)nc(NCc2ccc(F)cc2)n1. The number of hydrogen-bond donors (Lipinski definition) is 2. The Labute approximate surface area is 155 Å². The van der Waals surface area contributed by atoms with Gasteiger partial charge in [-0.3, -0.25) is 0 Å². The second-order valence-corrected chi connectivity index (χ2v) is 6.29. The summed E-state index contributed by atoms with van der Waals surface area (Å²) in [6.45, 7) is 2.36. The highest BCUT2D eigenvalue weighted by Gasteiger charge is 2.06. The Hall–Kier alpha value is -2.37. The summed E-state index contributed by atoms with van der Waals surface area (Å²) < 4.78 is 13.0. The minimum atomic E-state index is -0.263. The lowest BCUT2D eigenvalue weighted by molar-refractivity contribution is 0.627. The topological polar surface area (TPSA) is 49.8 Å². The zero-order chi connectivity index (χ0) is 17.8. The van der Waals surface area contributed by atoms with Crippen LogP contribution in [0, 0.1) is 12.7 Å². The number of nitrogens with one attached hydrogen (secondary N) is 2. The Balaban J connectivity index is 1.75. The maximum atomic E-state index is 13.0. The summed E-state index contributed by atoms with van der Waals surface area (Å²) >= 11 is 12.2. The molecule has 0 unspecified atom stereocenters. The molecule has 0 aliphatic carbocycles. The van der Waals surface area contributed by atoms with Gasteiger partial charge in [-0.1, -0.05) is 35.3 Å². The van der Waals surface area contributed by atoms with Crippen molar-refractivity contribution < 1.29 is 4.39 Å². The first-order chi connectivity index (χ1) is 12.0. The molecule has 0 fully saturated rings. The van der Waals surface area contributed by atoms with Gasteiger partial charge in [-0.2, -0.15) is 4.98 Å². The van der Waals surface area contributed by atoms with Crippen molar-refractivity contribution >= 4 is 40.7 Å². The summed E-state index contributed by atoms with van der Waals surface area (Å²) in [6.07, 6.45) is 0. The van der Waals surface area contributed by atoms with E-state index >= 15 is 0 Å². The second kappa shape index (κ2) is 7.68. The quantitative estimate of drug-likeness (QED) is 0.609. The maximum Gasteiger partial charge on any atom is 0.225 e. The Morgan fingerprint density at radius 2 is 1.76 bits per heavy atom. The maximum absolute atomic E-state index is 13.0. The van der Waals surface area contributed by atoms with E-state index in [0.29, 0.717) is 34.0 Å². The molecule has 0 aliphatic heterocycles. The number of nitrogens with zero attached hydrogens (tertiary/aromatic N) is 2. The van der Waals surface area contributed by atoms with Crippen LogP contribution in [-0.2, 0) is 6.54 Å². The predicted molar refractivity (Wildman–Crippen MR) is 100 cm³/mol. The van der Waals surface area contributed by atoms with Crippen molar-refractivity contribution in [1.29, 1.82) is 0 Å². The molecule has 0 atom stereocenters. The van der Waals surface area contributed by atoms with Crippen molar-refractivity contribution in [2.75, 3.05) is 10.6 Å². The first-order valence-corrected chi connectivity index (χ1v) is 8.31. The van der Waals surface area contributed by atoms with E-state index in [1.165, 1.54) is 12.1 Å². The van der Waals surface area contributed by atoms with E-state index in [9.17, 15) is 4.39 Å². The molecule has 0 bridgehead atoms. The third-order valence-corrected chi connectivity index (χ3v) is 3.97. The van der Waals surface area contributed by atoms with Gasteiger partial charge in [-0.05, 0) is 42.8 Å². The molecular weight excluding hydrogens is 362 g/mol. The molecule has 128 valence electrons. The van der Waals surface area contributed by atoms with Gasteiger partial charge in [0.2, 0.25) is 5.95 Å². The first kappa shape index (κ1) is 17.5. The molecule has 0 radical (unpaired) electrons. The summed E-state index contributed by atoms with van der Waals surface area (Å²) in [7, 11) is 0. The molecule has 4 nitrogen and oxygen atoms in total. The molecule has 1 heterocycles. The number of aromatic nitrogens is 2. The summed E-state index contributed by atoms with van der Waals surface area (Å²) in [5, 5.41) is 7.39. The van der Waals surface area contributed by atoms with Crippen LogP contribution in [0.3, 0.4) is 0 Å². The number of hydrogen-bond acceptors (Lipinski definition) is 4. The fraction of sp³-hybridized carbons (Fsp3) is 0.111. The molecule has 3 rings (SSSR count). The molecule has 0 aliphatic rings. The molecule has 2 aromatic carbocycles. The van der Waals surface area contributed by atoms with Crippen LogP contribution in [0.1, 0.15) is 11.3 Å². The van der Waals surface area contributed by atoms with Gasteiger partial charge in [0.25, 0.3) is 0 Å². The van der Waals surface area contributed by atoms with Gasteiger partial charge < -0.3 is 10.6 Å². The molecule has 1 aromatic heterocycles. The lowest BCUT2D eigenvalue weighted by atomic mass is 10.2. The van der Waals surface area contributed by atoms with Crippen molar-refractivity contribution in [3.63, 3.8) is 0 Å². The van der Waals surface area contributed by atoms with Crippen LogP contribution in [0.2, 0.25) is 10.0 Å². The minimum Gasteiger partial charge on any atom is -0.350 e. The Morgan fingerprint density at radius 1 is 1.00 bits per heavy atom. The molecule has 2 N–H and O–H groups in total. The van der Waals surface area contributed by atoms with Crippen LogP contribution in [0.5, 0.6) is 0 Å². The minimum absolute atomic E-state index is 0.263. The smallest absolute Gasteiger partial charge is 0.225 e. The Kier molecular flexibility index (Phi) is 5.36. The fourth-order valence-corrected chi connectivity index (χ4v) is 2.56. The molecule has 25 heavy (non-hydrogen) atoms. The van der Waals surface area contributed by atoms with E-state index in [2.05, 4.69) is 20.6 Å².